The summed E-state index contributed by atoms with van der Waals surface area (Å²) in [5.41, 5.74) is -1.76. The van der Waals surface area contributed by atoms with Crippen LogP contribution >= 0.6 is 0 Å². The molecule has 0 aliphatic carbocycles. The van der Waals surface area contributed by atoms with Crippen LogP contribution < -0.4 is 5.32 Å². The molecular weight excluding hydrogens is 275 g/mol. The molecule has 1 rings (SSSR count). The van der Waals surface area contributed by atoms with Gasteiger partial charge in [-0.25, -0.2) is 0 Å². The number of carbonyl (C=O) groups excluding carboxylic acids is 1. The van der Waals surface area contributed by atoms with Crippen molar-refractivity contribution in [2.75, 3.05) is 13.7 Å². The van der Waals surface area contributed by atoms with Gasteiger partial charge >= 0.3 is 12.1 Å². The molecule has 8 heteroatoms. The summed E-state index contributed by atoms with van der Waals surface area (Å²) in [6, 6.07) is 0. The van der Waals surface area contributed by atoms with E-state index < -0.39 is 23.2 Å². The number of aromatic nitrogens is 2. The summed E-state index contributed by atoms with van der Waals surface area (Å²) in [6.45, 7) is 4.19. The van der Waals surface area contributed by atoms with Crippen LogP contribution in [0, 0.1) is 0 Å². The summed E-state index contributed by atoms with van der Waals surface area (Å²) < 4.78 is 43.2. The van der Waals surface area contributed by atoms with Gasteiger partial charge in [-0.2, -0.15) is 18.3 Å². The van der Waals surface area contributed by atoms with Crippen molar-refractivity contribution in [3.63, 3.8) is 0 Å². The van der Waals surface area contributed by atoms with Crippen LogP contribution in [-0.2, 0) is 22.3 Å². The standard InChI is InChI=1S/C12H18F3N3O2/c1-4-16-11(2,10(19)20-3)5-6-18-8-9(7-17-18)12(13,14)15/h7-8,16H,4-6H2,1-3H3. The highest BCUT2D eigenvalue weighted by Crippen LogP contribution is 2.28. The summed E-state index contributed by atoms with van der Waals surface area (Å²) in [6.07, 6.45) is -2.45. The van der Waals surface area contributed by atoms with E-state index in [9.17, 15) is 18.0 Å². The summed E-state index contributed by atoms with van der Waals surface area (Å²) in [7, 11) is 1.27. The first kappa shape index (κ1) is 16.5. The number of esters is 1. The van der Waals surface area contributed by atoms with E-state index in [2.05, 4.69) is 10.4 Å². The molecular formula is C12H18F3N3O2. The number of nitrogens with one attached hydrogen (secondary N) is 1. The van der Waals surface area contributed by atoms with Gasteiger partial charge in [0.2, 0.25) is 0 Å². The van der Waals surface area contributed by atoms with Gasteiger partial charge in [0.15, 0.2) is 0 Å². The lowest BCUT2D eigenvalue weighted by molar-refractivity contribution is -0.148. The zero-order valence-electron chi connectivity index (χ0n) is 11.6. The largest absolute Gasteiger partial charge is 0.468 e. The molecule has 0 aliphatic rings. The number of rotatable bonds is 6. The summed E-state index contributed by atoms with van der Waals surface area (Å²) >= 11 is 0. The molecule has 0 bridgehead atoms. The molecule has 0 aliphatic heterocycles. The lowest BCUT2D eigenvalue weighted by atomic mass is 9.98. The number of likely N-dealkylation sites (N-methyl/N-ethyl adjacent to an activating group) is 1. The highest BCUT2D eigenvalue weighted by atomic mass is 19.4. The average molecular weight is 293 g/mol. The lowest BCUT2D eigenvalue weighted by Crippen LogP contribution is -2.50. The fourth-order valence-electron chi connectivity index (χ4n) is 1.85. The van der Waals surface area contributed by atoms with Gasteiger partial charge in [-0.15, -0.1) is 0 Å². The average Bonchev–Trinajstić information content (AvgIpc) is 2.84. The minimum atomic E-state index is -4.41. The summed E-state index contributed by atoms with van der Waals surface area (Å²) in [5, 5.41) is 6.63. The van der Waals surface area contributed by atoms with E-state index >= 15 is 0 Å². The number of alkyl halides is 3. The fourth-order valence-corrected chi connectivity index (χ4v) is 1.85. The summed E-state index contributed by atoms with van der Waals surface area (Å²) in [4.78, 5) is 11.7. The van der Waals surface area contributed by atoms with E-state index in [0.29, 0.717) is 6.54 Å². The van der Waals surface area contributed by atoms with Crippen LogP contribution in [0.25, 0.3) is 0 Å². The molecule has 0 spiro atoms. The maximum Gasteiger partial charge on any atom is 0.419 e. The quantitative estimate of drug-likeness (QED) is 0.813. The molecule has 20 heavy (non-hydrogen) atoms. The van der Waals surface area contributed by atoms with E-state index in [0.717, 1.165) is 12.4 Å². The second-order valence-corrected chi connectivity index (χ2v) is 4.59. The van der Waals surface area contributed by atoms with E-state index in [1.165, 1.54) is 11.8 Å². The van der Waals surface area contributed by atoms with Crippen LogP contribution in [0.2, 0.25) is 0 Å². The Balaban J connectivity index is 2.73. The summed E-state index contributed by atoms with van der Waals surface area (Å²) in [5.74, 6) is -0.456. The molecule has 0 amide bonds. The van der Waals surface area contributed by atoms with Gasteiger partial charge in [0.1, 0.15) is 5.54 Å². The molecule has 1 unspecified atom stereocenters. The van der Waals surface area contributed by atoms with Crippen LogP contribution in [-0.4, -0.2) is 34.9 Å². The SMILES string of the molecule is CCNC(C)(CCn1cc(C(F)(F)F)cn1)C(=O)OC. The van der Waals surface area contributed by atoms with Crippen molar-refractivity contribution in [1.29, 1.82) is 0 Å². The predicted molar refractivity (Wildman–Crippen MR) is 65.9 cm³/mol. The molecule has 114 valence electrons. The molecule has 0 saturated carbocycles. The van der Waals surface area contributed by atoms with Gasteiger partial charge in [-0.05, 0) is 19.9 Å². The number of ether oxygens (including phenoxy) is 1. The normalized spacial score (nSPS) is 14.9. The second-order valence-electron chi connectivity index (χ2n) is 4.59. The van der Waals surface area contributed by atoms with Gasteiger partial charge < -0.3 is 10.1 Å². The maximum atomic E-state index is 12.4. The van der Waals surface area contributed by atoms with Crippen molar-refractivity contribution in [2.45, 2.75) is 38.5 Å². The first-order chi connectivity index (χ1) is 9.23. The van der Waals surface area contributed by atoms with E-state index in [-0.39, 0.29) is 13.0 Å². The van der Waals surface area contributed by atoms with Crippen molar-refractivity contribution in [2.24, 2.45) is 0 Å². The molecule has 0 fully saturated rings. The Bertz CT molecular complexity index is 459. The third-order valence-corrected chi connectivity index (χ3v) is 3.00. The van der Waals surface area contributed by atoms with Crippen molar-refractivity contribution >= 4 is 5.97 Å². The number of hydrogen-bond donors (Lipinski definition) is 1. The van der Waals surface area contributed by atoms with Crippen molar-refractivity contribution in [3.05, 3.63) is 18.0 Å². The van der Waals surface area contributed by atoms with Crippen molar-refractivity contribution in [3.8, 4) is 0 Å². The highest BCUT2D eigenvalue weighted by molar-refractivity contribution is 5.80. The van der Waals surface area contributed by atoms with Crippen LogP contribution in [0.3, 0.4) is 0 Å². The highest BCUT2D eigenvalue weighted by Gasteiger charge is 2.34. The Labute approximate surface area is 115 Å². The minimum absolute atomic E-state index is 0.175. The van der Waals surface area contributed by atoms with Gasteiger partial charge in [0, 0.05) is 12.7 Å². The van der Waals surface area contributed by atoms with Gasteiger partial charge in [-0.3, -0.25) is 9.48 Å². The zero-order chi connectivity index (χ0) is 15.4. The number of halogens is 3. The maximum absolute atomic E-state index is 12.4. The molecule has 0 aromatic carbocycles. The monoisotopic (exact) mass is 293 g/mol. The van der Waals surface area contributed by atoms with Crippen molar-refractivity contribution in [1.82, 2.24) is 15.1 Å². The second kappa shape index (κ2) is 6.25. The van der Waals surface area contributed by atoms with Crippen LogP contribution in [0.5, 0.6) is 0 Å². The minimum Gasteiger partial charge on any atom is -0.468 e. The van der Waals surface area contributed by atoms with Crippen LogP contribution in [0.4, 0.5) is 13.2 Å². The fraction of sp³-hybridized carbons (Fsp3) is 0.667. The smallest absolute Gasteiger partial charge is 0.419 e. The Morgan fingerprint density at radius 3 is 2.60 bits per heavy atom. The molecule has 1 aromatic heterocycles. The van der Waals surface area contributed by atoms with E-state index in [1.807, 2.05) is 6.92 Å². The molecule has 1 heterocycles. The van der Waals surface area contributed by atoms with Crippen LogP contribution in [0.1, 0.15) is 25.8 Å². The number of hydrogen-bond acceptors (Lipinski definition) is 4. The first-order valence-electron chi connectivity index (χ1n) is 6.16. The van der Waals surface area contributed by atoms with Gasteiger partial charge in [-0.1, -0.05) is 6.92 Å². The third-order valence-electron chi connectivity index (χ3n) is 3.00. The third kappa shape index (κ3) is 3.96. The van der Waals surface area contributed by atoms with Gasteiger partial charge in [0.25, 0.3) is 0 Å². The van der Waals surface area contributed by atoms with Crippen molar-refractivity contribution < 1.29 is 22.7 Å². The Morgan fingerprint density at radius 1 is 1.50 bits per heavy atom. The Hall–Kier alpha value is -1.57. The topological polar surface area (TPSA) is 56.2 Å². The molecule has 1 aromatic rings. The molecule has 1 atom stereocenters. The Morgan fingerprint density at radius 2 is 2.15 bits per heavy atom. The first-order valence-corrected chi connectivity index (χ1v) is 6.16. The number of methoxy groups -OCH3 is 1. The zero-order valence-corrected chi connectivity index (χ0v) is 11.6. The molecule has 5 nitrogen and oxygen atoms in total. The number of aryl methyl sites for hydroxylation is 1. The molecule has 0 saturated heterocycles. The van der Waals surface area contributed by atoms with Gasteiger partial charge in [0.05, 0.1) is 18.9 Å². The van der Waals surface area contributed by atoms with Crippen LogP contribution in [0.15, 0.2) is 12.4 Å². The Kier molecular flexibility index (Phi) is 5.15. The van der Waals surface area contributed by atoms with E-state index in [4.69, 9.17) is 4.74 Å². The molecule has 0 radical (unpaired) electrons. The van der Waals surface area contributed by atoms with E-state index in [1.54, 1.807) is 6.92 Å². The lowest BCUT2D eigenvalue weighted by Gasteiger charge is -2.27. The predicted octanol–water partition coefficient (Wildman–Crippen LogP) is 1.83. The number of nitrogens with zero attached hydrogens (tertiary/aromatic N) is 2. The number of carbonyl (C=O) groups is 1. The molecule has 1 N–H and O–H groups in total.